The SMILES string of the molecule is CCN1CCC(Cc2ccccn2)(NC(=O)C(O)CO)CC1. The van der Waals surface area contributed by atoms with Gasteiger partial charge < -0.3 is 20.4 Å². The molecule has 3 N–H and O–H groups in total. The first kappa shape index (κ1) is 16.9. The van der Waals surface area contributed by atoms with Gasteiger partial charge in [0.05, 0.1) is 6.61 Å². The highest BCUT2D eigenvalue weighted by molar-refractivity contribution is 5.81. The maximum absolute atomic E-state index is 12.0. The molecule has 1 aliphatic rings. The molecule has 1 fully saturated rings. The van der Waals surface area contributed by atoms with E-state index in [1.807, 2.05) is 18.2 Å². The normalized spacial score (nSPS) is 19.6. The smallest absolute Gasteiger partial charge is 0.251 e. The van der Waals surface area contributed by atoms with Gasteiger partial charge in [-0.1, -0.05) is 13.0 Å². The molecule has 1 aromatic rings. The molecule has 122 valence electrons. The third-order valence-corrected chi connectivity index (χ3v) is 4.37. The minimum absolute atomic E-state index is 0.409. The van der Waals surface area contributed by atoms with Crippen molar-refractivity contribution in [3.8, 4) is 0 Å². The lowest BCUT2D eigenvalue weighted by Gasteiger charge is -2.42. The molecule has 0 aromatic carbocycles. The highest BCUT2D eigenvalue weighted by atomic mass is 16.3. The van der Waals surface area contributed by atoms with Gasteiger partial charge in [0.2, 0.25) is 0 Å². The largest absolute Gasteiger partial charge is 0.393 e. The number of carbonyl (C=O) groups excluding carboxylic acids is 1. The fraction of sp³-hybridized carbons (Fsp3) is 0.625. The molecule has 1 aliphatic heterocycles. The summed E-state index contributed by atoms with van der Waals surface area (Å²) in [5, 5.41) is 21.5. The number of aliphatic hydroxyl groups excluding tert-OH is 2. The van der Waals surface area contributed by atoms with Crippen LogP contribution < -0.4 is 5.32 Å². The average molecular weight is 307 g/mol. The summed E-state index contributed by atoms with van der Waals surface area (Å²) in [6.07, 6.45) is 2.62. The van der Waals surface area contributed by atoms with Crippen molar-refractivity contribution in [2.24, 2.45) is 0 Å². The molecule has 6 nitrogen and oxygen atoms in total. The first-order valence-corrected chi connectivity index (χ1v) is 7.82. The van der Waals surface area contributed by atoms with Gasteiger partial charge in [-0.25, -0.2) is 0 Å². The molecule has 1 aromatic heterocycles. The third kappa shape index (κ3) is 4.25. The summed E-state index contributed by atoms with van der Waals surface area (Å²) in [4.78, 5) is 18.7. The van der Waals surface area contributed by atoms with E-state index in [1.165, 1.54) is 0 Å². The zero-order valence-corrected chi connectivity index (χ0v) is 13.0. The van der Waals surface area contributed by atoms with Crippen molar-refractivity contribution >= 4 is 5.91 Å². The van der Waals surface area contributed by atoms with Crippen LogP contribution in [0.4, 0.5) is 0 Å². The van der Waals surface area contributed by atoms with Crippen LogP contribution in [0.2, 0.25) is 0 Å². The van der Waals surface area contributed by atoms with Crippen LogP contribution in [0.15, 0.2) is 24.4 Å². The molecule has 1 atom stereocenters. The number of nitrogens with zero attached hydrogens (tertiary/aromatic N) is 2. The van der Waals surface area contributed by atoms with Crippen molar-refractivity contribution in [1.29, 1.82) is 0 Å². The van der Waals surface area contributed by atoms with Crippen LogP contribution in [-0.4, -0.2) is 63.9 Å². The summed E-state index contributed by atoms with van der Waals surface area (Å²) < 4.78 is 0. The van der Waals surface area contributed by atoms with E-state index < -0.39 is 24.2 Å². The number of piperidine rings is 1. The molecule has 1 saturated heterocycles. The van der Waals surface area contributed by atoms with Crippen LogP contribution in [0.3, 0.4) is 0 Å². The molecule has 1 unspecified atom stereocenters. The number of rotatable bonds is 6. The molecule has 0 radical (unpaired) electrons. The second-order valence-corrected chi connectivity index (χ2v) is 5.90. The van der Waals surface area contributed by atoms with Crippen molar-refractivity contribution < 1.29 is 15.0 Å². The van der Waals surface area contributed by atoms with Crippen LogP contribution in [0.1, 0.15) is 25.5 Å². The van der Waals surface area contributed by atoms with E-state index in [4.69, 9.17) is 5.11 Å². The predicted molar refractivity (Wildman–Crippen MR) is 83.3 cm³/mol. The molecule has 22 heavy (non-hydrogen) atoms. The van der Waals surface area contributed by atoms with E-state index in [-0.39, 0.29) is 0 Å². The molecule has 0 spiro atoms. The number of carbonyl (C=O) groups is 1. The van der Waals surface area contributed by atoms with E-state index in [1.54, 1.807) is 6.20 Å². The summed E-state index contributed by atoms with van der Waals surface area (Å²) in [7, 11) is 0. The van der Waals surface area contributed by atoms with E-state index in [0.29, 0.717) is 6.42 Å². The van der Waals surface area contributed by atoms with Crippen LogP contribution >= 0.6 is 0 Å². The van der Waals surface area contributed by atoms with Crippen LogP contribution in [-0.2, 0) is 11.2 Å². The van der Waals surface area contributed by atoms with Gasteiger partial charge in [0, 0.05) is 36.9 Å². The number of pyridine rings is 1. The summed E-state index contributed by atoms with van der Waals surface area (Å²) in [5.41, 5.74) is 0.513. The number of hydrogen-bond acceptors (Lipinski definition) is 5. The maximum Gasteiger partial charge on any atom is 0.251 e. The maximum atomic E-state index is 12.0. The van der Waals surface area contributed by atoms with Gasteiger partial charge in [0.25, 0.3) is 5.91 Å². The molecular formula is C16H25N3O3. The van der Waals surface area contributed by atoms with Crippen LogP contribution in [0.5, 0.6) is 0 Å². The summed E-state index contributed by atoms with van der Waals surface area (Å²) >= 11 is 0. The lowest BCUT2D eigenvalue weighted by atomic mass is 9.82. The number of nitrogens with one attached hydrogen (secondary N) is 1. The number of likely N-dealkylation sites (tertiary alicyclic amines) is 1. The standard InChI is InChI=1S/C16H25N3O3/c1-2-19-9-6-16(7-10-19,18-15(22)14(21)12-20)11-13-5-3-4-8-17-13/h3-5,8,14,20-21H,2,6-7,9-12H2,1H3,(H,18,22). The molecule has 2 heterocycles. The Kier molecular flexibility index (Phi) is 5.88. The minimum Gasteiger partial charge on any atom is -0.393 e. The van der Waals surface area contributed by atoms with Gasteiger partial charge >= 0.3 is 0 Å². The predicted octanol–water partition coefficient (Wildman–Crippen LogP) is -0.0520. The summed E-state index contributed by atoms with van der Waals surface area (Å²) in [6.45, 7) is 4.36. The molecular weight excluding hydrogens is 282 g/mol. The van der Waals surface area contributed by atoms with Crippen molar-refractivity contribution in [3.05, 3.63) is 30.1 Å². The quantitative estimate of drug-likeness (QED) is 0.686. The zero-order chi connectivity index (χ0) is 16.0. The Morgan fingerprint density at radius 3 is 2.73 bits per heavy atom. The van der Waals surface area contributed by atoms with Gasteiger partial charge in [-0.3, -0.25) is 9.78 Å². The Balaban J connectivity index is 2.12. The van der Waals surface area contributed by atoms with Crippen LogP contribution in [0, 0.1) is 0 Å². The first-order chi connectivity index (χ1) is 10.6. The van der Waals surface area contributed by atoms with Crippen molar-refractivity contribution in [1.82, 2.24) is 15.2 Å². The molecule has 1 amide bonds. The molecule has 0 saturated carbocycles. The van der Waals surface area contributed by atoms with Crippen molar-refractivity contribution in [3.63, 3.8) is 0 Å². The lowest BCUT2D eigenvalue weighted by molar-refractivity contribution is -0.133. The third-order valence-electron chi connectivity index (χ3n) is 4.37. The summed E-state index contributed by atoms with van der Waals surface area (Å²) in [6, 6.07) is 5.74. The monoisotopic (exact) mass is 307 g/mol. The Hall–Kier alpha value is -1.50. The first-order valence-electron chi connectivity index (χ1n) is 7.82. The van der Waals surface area contributed by atoms with Gasteiger partial charge in [-0.2, -0.15) is 0 Å². The van der Waals surface area contributed by atoms with E-state index >= 15 is 0 Å². The topological polar surface area (TPSA) is 85.7 Å². The second kappa shape index (κ2) is 7.67. The second-order valence-electron chi connectivity index (χ2n) is 5.90. The zero-order valence-electron chi connectivity index (χ0n) is 13.0. The van der Waals surface area contributed by atoms with Gasteiger partial charge in [-0.15, -0.1) is 0 Å². The minimum atomic E-state index is -1.37. The Labute approximate surface area is 131 Å². The van der Waals surface area contributed by atoms with Gasteiger partial charge in [0.15, 0.2) is 6.10 Å². The summed E-state index contributed by atoms with van der Waals surface area (Å²) in [5.74, 6) is -0.511. The number of aliphatic hydroxyl groups is 2. The van der Waals surface area contributed by atoms with E-state index in [9.17, 15) is 9.90 Å². The molecule has 6 heteroatoms. The molecule has 2 rings (SSSR count). The number of aromatic nitrogens is 1. The lowest BCUT2D eigenvalue weighted by Crippen LogP contribution is -2.58. The number of amides is 1. The Bertz CT molecular complexity index is 473. The highest BCUT2D eigenvalue weighted by Gasteiger charge is 2.37. The highest BCUT2D eigenvalue weighted by Crippen LogP contribution is 2.26. The Morgan fingerprint density at radius 2 is 2.18 bits per heavy atom. The van der Waals surface area contributed by atoms with Crippen molar-refractivity contribution in [2.75, 3.05) is 26.2 Å². The van der Waals surface area contributed by atoms with E-state index in [2.05, 4.69) is 22.1 Å². The van der Waals surface area contributed by atoms with E-state index in [0.717, 1.165) is 38.2 Å². The fourth-order valence-corrected chi connectivity index (χ4v) is 2.92. The molecule has 0 bridgehead atoms. The Morgan fingerprint density at radius 1 is 1.45 bits per heavy atom. The van der Waals surface area contributed by atoms with Gasteiger partial charge in [0.1, 0.15) is 0 Å². The number of hydrogen-bond donors (Lipinski definition) is 3. The fourth-order valence-electron chi connectivity index (χ4n) is 2.92. The molecule has 0 aliphatic carbocycles. The van der Waals surface area contributed by atoms with Gasteiger partial charge in [-0.05, 0) is 31.5 Å². The van der Waals surface area contributed by atoms with Crippen molar-refractivity contribution in [2.45, 2.75) is 37.8 Å². The average Bonchev–Trinajstić information content (AvgIpc) is 2.55. The van der Waals surface area contributed by atoms with Crippen LogP contribution in [0.25, 0.3) is 0 Å².